The molecule has 0 aromatic carbocycles. The molecule has 0 aliphatic heterocycles. The highest BCUT2D eigenvalue weighted by Crippen LogP contribution is 2.20. The van der Waals surface area contributed by atoms with E-state index in [-0.39, 0.29) is 6.61 Å². The first kappa shape index (κ1) is 10.1. The van der Waals surface area contributed by atoms with Gasteiger partial charge in [0.25, 0.3) is 0 Å². The predicted molar refractivity (Wildman–Crippen MR) is 50.4 cm³/mol. The largest absolute Gasteiger partial charge is 0.388 e. The molecule has 1 aliphatic rings. The number of aliphatic hydroxyl groups is 1. The van der Waals surface area contributed by atoms with Crippen molar-refractivity contribution in [1.82, 2.24) is 0 Å². The van der Waals surface area contributed by atoms with Crippen LogP contribution >= 0.6 is 0 Å². The van der Waals surface area contributed by atoms with Crippen LogP contribution in [0.4, 0.5) is 0 Å². The van der Waals surface area contributed by atoms with Crippen molar-refractivity contribution in [2.24, 2.45) is 21.2 Å². The summed E-state index contributed by atoms with van der Waals surface area (Å²) >= 11 is 0. The number of nitrogens with two attached hydrogens (primary N) is 1. The van der Waals surface area contributed by atoms with E-state index in [2.05, 4.69) is 15.3 Å². The minimum atomic E-state index is -0.183. The molecule has 3 N–H and O–H groups in total. The molecule has 1 aliphatic carbocycles. The SMILES string of the molecule is NN=NC(CO)=NC1CCCCC1. The Kier molecular flexibility index (Phi) is 4.39. The standard InChI is InChI=1S/C8H16N4O/c9-12-11-8(6-13)10-7-4-2-1-3-5-7/h7,13H,1-6H2,(H2,9,10,11). The summed E-state index contributed by atoms with van der Waals surface area (Å²) in [6, 6.07) is 0.307. The average molecular weight is 184 g/mol. The average Bonchev–Trinajstić information content (AvgIpc) is 2.19. The Hall–Kier alpha value is -0.970. The zero-order chi connectivity index (χ0) is 9.52. The molecule has 0 bridgehead atoms. The van der Waals surface area contributed by atoms with E-state index in [1.54, 1.807) is 0 Å². The summed E-state index contributed by atoms with van der Waals surface area (Å²) in [7, 11) is 0. The van der Waals surface area contributed by atoms with E-state index in [0.717, 1.165) is 12.8 Å². The summed E-state index contributed by atoms with van der Waals surface area (Å²) in [6.07, 6.45) is 5.89. The zero-order valence-electron chi connectivity index (χ0n) is 7.69. The van der Waals surface area contributed by atoms with Gasteiger partial charge in [-0.05, 0) is 12.8 Å². The van der Waals surface area contributed by atoms with E-state index < -0.39 is 0 Å². The van der Waals surface area contributed by atoms with Gasteiger partial charge in [-0.3, -0.25) is 4.99 Å². The minimum absolute atomic E-state index is 0.183. The van der Waals surface area contributed by atoms with Crippen LogP contribution in [0.1, 0.15) is 32.1 Å². The van der Waals surface area contributed by atoms with Crippen molar-refractivity contribution in [2.45, 2.75) is 38.1 Å². The summed E-state index contributed by atoms with van der Waals surface area (Å²) in [6.45, 7) is -0.183. The molecule has 0 atom stereocenters. The van der Waals surface area contributed by atoms with Crippen LogP contribution < -0.4 is 5.84 Å². The molecule has 0 unspecified atom stereocenters. The molecule has 0 spiro atoms. The highest BCUT2D eigenvalue weighted by molar-refractivity contribution is 5.83. The molecule has 0 radical (unpaired) electrons. The smallest absolute Gasteiger partial charge is 0.173 e. The van der Waals surface area contributed by atoms with Gasteiger partial charge in [-0.1, -0.05) is 24.5 Å². The van der Waals surface area contributed by atoms with Gasteiger partial charge in [0.15, 0.2) is 5.84 Å². The van der Waals surface area contributed by atoms with Gasteiger partial charge in [-0.25, -0.2) is 0 Å². The van der Waals surface area contributed by atoms with Gasteiger partial charge in [0, 0.05) is 0 Å². The maximum absolute atomic E-state index is 8.85. The van der Waals surface area contributed by atoms with Crippen LogP contribution in [0.15, 0.2) is 15.3 Å². The molecule has 13 heavy (non-hydrogen) atoms. The fraction of sp³-hybridized carbons (Fsp3) is 0.875. The lowest BCUT2D eigenvalue weighted by molar-refractivity contribution is 0.352. The lowest BCUT2D eigenvalue weighted by atomic mass is 9.96. The van der Waals surface area contributed by atoms with Gasteiger partial charge >= 0.3 is 0 Å². The summed E-state index contributed by atoms with van der Waals surface area (Å²) in [4.78, 5) is 4.27. The van der Waals surface area contributed by atoms with E-state index in [9.17, 15) is 0 Å². The fourth-order valence-corrected chi connectivity index (χ4v) is 1.59. The summed E-state index contributed by atoms with van der Waals surface area (Å²) in [5, 5.41) is 15.5. The Labute approximate surface area is 77.7 Å². The second-order valence-corrected chi connectivity index (χ2v) is 3.21. The van der Waals surface area contributed by atoms with E-state index >= 15 is 0 Å². The molecule has 5 nitrogen and oxygen atoms in total. The molecule has 1 rings (SSSR count). The Morgan fingerprint density at radius 1 is 1.31 bits per heavy atom. The van der Waals surface area contributed by atoms with E-state index in [1.165, 1.54) is 19.3 Å². The lowest BCUT2D eigenvalue weighted by Gasteiger charge is -2.17. The highest BCUT2D eigenvalue weighted by Gasteiger charge is 2.12. The molecule has 1 saturated carbocycles. The van der Waals surface area contributed by atoms with Crippen molar-refractivity contribution in [3.63, 3.8) is 0 Å². The molecule has 74 valence electrons. The Morgan fingerprint density at radius 3 is 2.54 bits per heavy atom. The van der Waals surface area contributed by atoms with Crippen molar-refractivity contribution in [3.8, 4) is 0 Å². The Balaban J connectivity index is 2.49. The highest BCUT2D eigenvalue weighted by atomic mass is 16.3. The van der Waals surface area contributed by atoms with Crippen molar-refractivity contribution in [3.05, 3.63) is 0 Å². The first-order chi connectivity index (χ1) is 6.36. The number of amidine groups is 1. The van der Waals surface area contributed by atoms with Gasteiger partial charge in [0.05, 0.1) is 6.04 Å². The number of rotatable bonds is 2. The molecule has 1 fully saturated rings. The van der Waals surface area contributed by atoms with Gasteiger partial charge in [0.2, 0.25) is 0 Å². The first-order valence-corrected chi connectivity index (χ1v) is 4.65. The maximum Gasteiger partial charge on any atom is 0.173 e. The quantitative estimate of drug-likeness (QED) is 0.221. The third-order valence-corrected chi connectivity index (χ3v) is 2.22. The van der Waals surface area contributed by atoms with Crippen LogP contribution in [0.5, 0.6) is 0 Å². The van der Waals surface area contributed by atoms with Crippen LogP contribution in [0, 0.1) is 0 Å². The third-order valence-electron chi connectivity index (χ3n) is 2.22. The lowest BCUT2D eigenvalue weighted by Crippen LogP contribution is -2.13. The molecule has 0 aromatic rings. The second-order valence-electron chi connectivity index (χ2n) is 3.21. The Morgan fingerprint density at radius 2 is 2.00 bits per heavy atom. The monoisotopic (exact) mass is 184 g/mol. The molecular weight excluding hydrogens is 168 g/mol. The molecule has 0 heterocycles. The summed E-state index contributed by atoms with van der Waals surface area (Å²) in [5.41, 5.74) is 0. The van der Waals surface area contributed by atoms with Crippen molar-refractivity contribution in [2.75, 3.05) is 6.61 Å². The van der Waals surface area contributed by atoms with Gasteiger partial charge in [-0.15, -0.1) is 5.11 Å². The summed E-state index contributed by atoms with van der Waals surface area (Å²) < 4.78 is 0. The number of hydrogen-bond donors (Lipinski definition) is 2. The molecule has 5 heteroatoms. The zero-order valence-corrected chi connectivity index (χ0v) is 7.69. The van der Waals surface area contributed by atoms with Crippen LogP contribution in [-0.4, -0.2) is 23.6 Å². The molecular formula is C8H16N4O. The normalized spacial score (nSPS) is 21.2. The van der Waals surface area contributed by atoms with Gasteiger partial charge in [-0.2, -0.15) is 0 Å². The van der Waals surface area contributed by atoms with Gasteiger partial charge < -0.3 is 10.9 Å². The van der Waals surface area contributed by atoms with Crippen LogP contribution in [0.2, 0.25) is 0 Å². The summed E-state index contributed by atoms with van der Waals surface area (Å²) in [5.74, 6) is 5.22. The van der Waals surface area contributed by atoms with E-state index in [4.69, 9.17) is 10.9 Å². The third kappa shape index (κ3) is 3.50. The van der Waals surface area contributed by atoms with Crippen LogP contribution in [-0.2, 0) is 0 Å². The van der Waals surface area contributed by atoms with E-state index in [0.29, 0.717) is 11.9 Å². The Bertz CT molecular complexity index is 196. The number of hydrogen-bond acceptors (Lipinski definition) is 3. The number of nitrogens with zero attached hydrogens (tertiary/aromatic N) is 3. The second kappa shape index (κ2) is 5.64. The number of aliphatic imine (C=N–C) groups is 1. The molecule has 0 saturated heterocycles. The molecule has 0 aromatic heterocycles. The number of aliphatic hydroxyl groups excluding tert-OH is 1. The van der Waals surface area contributed by atoms with Crippen LogP contribution in [0.3, 0.4) is 0 Å². The van der Waals surface area contributed by atoms with Crippen molar-refractivity contribution < 1.29 is 5.11 Å². The van der Waals surface area contributed by atoms with Crippen molar-refractivity contribution in [1.29, 1.82) is 0 Å². The maximum atomic E-state index is 8.85. The topological polar surface area (TPSA) is 83.3 Å². The fourth-order valence-electron chi connectivity index (χ4n) is 1.59. The van der Waals surface area contributed by atoms with E-state index in [1.807, 2.05) is 0 Å². The van der Waals surface area contributed by atoms with Crippen molar-refractivity contribution >= 4 is 5.84 Å². The molecule has 0 amide bonds. The predicted octanol–water partition coefficient (Wildman–Crippen LogP) is 1.04. The minimum Gasteiger partial charge on any atom is -0.388 e. The van der Waals surface area contributed by atoms with Gasteiger partial charge in [0.1, 0.15) is 6.61 Å². The first-order valence-electron chi connectivity index (χ1n) is 4.65. The van der Waals surface area contributed by atoms with Crippen LogP contribution in [0.25, 0.3) is 0 Å².